The van der Waals surface area contributed by atoms with Crippen molar-refractivity contribution < 1.29 is 9.47 Å². The Morgan fingerprint density at radius 2 is 1.94 bits per heavy atom. The topological polar surface area (TPSA) is 30.5 Å². The summed E-state index contributed by atoms with van der Waals surface area (Å²) in [5.74, 6) is 0. The molecule has 1 atom stereocenters. The zero-order valence-electron chi connectivity index (χ0n) is 11.5. The average Bonchev–Trinajstić information content (AvgIpc) is 3.14. The van der Waals surface area contributed by atoms with Gasteiger partial charge in [-0.05, 0) is 46.1 Å². The fourth-order valence-corrected chi connectivity index (χ4v) is 1.79. The third-order valence-corrected chi connectivity index (χ3v) is 3.04. The summed E-state index contributed by atoms with van der Waals surface area (Å²) in [6.07, 6.45) is 8.13. The summed E-state index contributed by atoms with van der Waals surface area (Å²) in [5, 5.41) is 3.54. The second kappa shape index (κ2) is 9.86. The molecule has 3 nitrogen and oxygen atoms in total. The lowest BCUT2D eigenvalue weighted by Gasteiger charge is -2.12. The Morgan fingerprint density at radius 3 is 2.65 bits per heavy atom. The van der Waals surface area contributed by atoms with Gasteiger partial charge in [0, 0.05) is 19.3 Å². The van der Waals surface area contributed by atoms with E-state index in [0.717, 1.165) is 25.9 Å². The van der Waals surface area contributed by atoms with Crippen LogP contribution in [0.2, 0.25) is 0 Å². The van der Waals surface area contributed by atoms with Crippen LogP contribution in [0.1, 0.15) is 52.4 Å². The lowest BCUT2D eigenvalue weighted by molar-refractivity contribution is -0.00457. The first-order chi connectivity index (χ1) is 8.33. The van der Waals surface area contributed by atoms with Crippen molar-refractivity contribution in [2.24, 2.45) is 0 Å². The van der Waals surface area contributed by atoms with Gasteiger partial charge in [0.2, 0.25) is 0 Å². The molecule has 0 aromatic heterocycles. The molecule has 0 aliphatic heterocycles. The summed E-state index contributed by atoms with van der Waals surface area (Å²) < 4.78 is 11.0. The van der Waals surface area contributed by atoms with Gasteiger partial charge < -0.3 is 14.8 Å². The van der Waals surface area contributed by atoms with Crippen LogP contribution in [-0.2, 0) is 9.47 Å². The van der Waals surface area contributed by atoms with Gasteiger partial charge in [-0.3, -0.25) is 0 Å². The van der Waals surface area contributed by atoms with Gasteiger partial charge in [0.05, 0.1) is 12.7 Å². The molecule has 1 aliphatic carbocycles. The zero-order valence-corrected chi connectivity index (χ0v) is 11.5. The molecule has 0 spiro atoms. The summed E-state index contributed by atoms with van der Waals surface area (Å²) in [7, 11) is 0. The van der Waals surface area contributed by atoms with Gasteiger partial charge in [-0.15, -0.1) is 0 Å². The number of rotatable bonds is 12. The van der Waals surface area contributed by atoms with Crippen molar-refractivity contribution in [1.29, 1.82) is 0 Å². The van der Waals surface area contributed by atoms with Crippen molar-refractivity contribution in [3.63, 3.8) is 0 Å². The molecule has 0 amide bonds. The highest BCUT2D eigenvalue weighted by molar-refractivity contribution is 4.80. The van der Waals surface area contributed by atoms with Crippen molar-refractivity contribution in [1.82, 2.24) is 5.32 Å². The number of unbranched alkanes of at least 4 members (excludes halogenated alkanes) is 3. The van der Waals surface area contributed by atoms with Gasteiger partial charge in [-0.1, -0.05) is 12.8 Å². The molecule has 1 N–H and O–H groups in total. The summed E-state index contributed by atoms with van der Waals surface area (Å²) >= 11 is 0. The van der Waals surface area contributed by atoms with Crippen molar-refractivity contribution >= 4 is 0 Å². The molecular weight excluding hydrogens is 214 g/mol. The summed E-state index contributed by atoms with van der Waals surface area (Å²) in [6, 6.07) is 0.859. The summed E-state index contributed by atoms with van der Waals surface area (Å²) in [4.78, 5) is 0. The van der Waals surface area contributed by atoms with E-state index in [-0.39, 0.29) is 6.10 Å². The van der Waals surface area contributed by atoms with Crippen molar-refractivity contribution in [3.05, 3.63) is 0 Å². The van der Waals surface area contributed by atoms with Crippen LogP contribution in [0.15, 0.2) is 0 Å². The molecule has 1 fully saturated rings. The predicted molar refractivity (Wildman–Crippen MR) is 71.4 cm³/mol. The molecule has 0 saturated heterocycles. The van der Waals surface area contributed by atoms with E-state index in [0.29, 0.717) is 0 Å². The molecule has 1 unspecified atom stereocenters. The lowest BCUT2D eigenvalue weighted by atomic mass is 10.2. The Morgan fingerprint density at radius 1 is 1.18 bits per heavy atom. The molecule has 1 aliphatic rings. The van der Waals surface area contributed by atoms with Crippen molar-refractivity contribution in [2.45, 2.75) is 64.5 Å². The third-order valence-electron chi connectivity index (χ3n) is 3.04. The van der Waals surface area contributed by atoms with E-state index in [1.807, 2.05) is 6.92 Å². The number of hydrogen-bond acceptors (Lipinski definition) is 3. The average molecular weight is 243 g/mol. The Labute approximate surface area is 106 Å². The van der Waals surface area contributed by atoms with E-state index in [9.17, 15) is 0 Å². The Hall–Kier alpha value is -0.120. The predicted octanol–water partition coefficient (Wildman–Crippen LogP) is 2.74. The standard InChI is InChI=1S/C14H29NO2/c1-3-16-12-13(2)17-11-7-5-4-6-10-15-14-8-9-14/h13-15H,3-12H2,1-2H3. The largest absolute Gasteiger partial charge is 0.379 e. The summed E-state index contributed by atoms with van der Waals surface area (Å²) in [6.45, 7) is 7.68. The Kier molecular flexibility index (Phi) is 8.67. The highest BCUT2D eigenvalue weighted by atomic mass is 16.5. The van der Waals surface area contributed by atoms with Crippen LogP contribution < -0.4 is 5.32 Å². The molecule has 0 heterocycles. The second-order valence-corrected chi connectivity index (χ2v) is 4.98. The minimum atomic E-state index is 0.242. The third kappa shape index (κ3) is 9.57. The van der Waals surface area contributed by atoms with Gasteiger partial charge in [0.1, 0.15) is 0 Å². The molecule has 0 bridgehead atoms. The summed E-state index contributed by atoms with van der Waals surface area (Å²) in [5.41, 5.74) is 0. The molecule has 1 rings (SSSR count). The number of hydrogen-bond donors (Lipinski definition) is 1. The fourth-order valence-electron chi connectivity index (χ4n) is 1.79. The van der Waals surface area contributed by atoms with Crippen LogP contribution in [0, 0.1) is 0 Å². The first kappa shape index (κ1) is 14.9. The number of nitrogens with one attached hydrogen (secondary N) is 1. The van der Waals surface area contributed by atoms with Gasteiger partial charge in [-0.25, -0.2) is 0 Å². The quantitative estimate of drug-likeness (QED) is 0.535. The van der Waals surface area contributed by atoms with Crippen LogP contribution in [0.5, 0.6) is 0 Å². The van der Waals surface area contributed by atoms with E-state index >= 15 is 0 Å². The maximum atomic E-state index is 5.66. The Bertz CT molecular complexity index is 172. The van der Waals surface area contributed by atoms with Gasteiger partial charge >= 0.3 is 0 Å². The van der Waals surface area contributed by atoms with Crippen LogP contribution in [-0.4, -0.2) is 38.5 Å². The molecule has 17 heavy (non-hydrogen) atoms. The maximum Gasteiger partial charge on any atom is 0.0780 e. The van der Waals surface area contributed by atoms with Crippen LogP contribution in [0.25, 0.3) is 0 Å². The molecule has 1 saturated carbocycles. The lowest BCUT2D eigenvalue weighted by Crippen LogP contribution is -2.17. The van der Waals surface area contributed by atoms with E-state index in [2.05, 4.69) is 12.2 Å². The minimum absolute atomic E-state index is 0.242. The fraction of sp³-hybridized carbons (Fsp3) is 1.00. The maximum absolute atomic E-state index is 5.66. The van der Waals surface area contributed by atoms with Gasteiger partial charge in [-0.2, -0.15) is 0 Å². The Balaban J connectivity index is 1.71. The number of ether oxygens (including phenoxy) is 2. The second-order valence-electron chi connectivity index (χ2n) is 4.98. The first-order valence-corrected chi connectivity index (χ1v) is 7.25. The zero-order chi connectivity index (χ0) is 12.3. The van der Waals surface area contributed by atoms with Crippen LogP contribution in [0.3, 0.4) is 0 Å². The highest BCUT2D eigenvalue weighted by Crippen LogP contribution is 2.18. The highest BCUT2D eigenvalue weighted by Gasteiger charge is 2.19. The molecule has 0 aromatic rings. The minimum Gasteiger partial charge on any atom is -0.379 e. The van der Waals surface area contributed by atoms with E-state index in [4.69, 9.17) is 9.47 Å². The van der Waals surface area contributed by atoms with Gasteiger partial charge in [0.25, 0.3) is 0 Å². The first-order valence-electron chi connectivity index (χ1n) is 7.25. The smallest absolute Gasteiger partial charge is 0.0780 e. The molecule has 0 radical (unpaired) electrons. The SMILES string of the molecule is CCOCC(C)OCCCCCCNC1CC1. The molecular formula is C14H29NO2. The van der Waals surface area contributed by atoms with E-state index < -0.39 is 0 Å². The monoisotopic (exact) mass is 243 g/mol. The van der Waals surface area contributed by atoms with E-state index in [1.165, 1.54) is 45.1 Å². The van der Waals surface area contributed by atoms with Crippen molar-refractivity contribution in [3.8, 4) is 0 Å². The van der Waals surface area contributed by atoms with Gasteiger partial charge in [0.15, 0.2) is 0 Å². The van der Waals surface area contributed by atoms with Crippen molar-refractivity contribution in [2.75, 3.05) is 26.4 Å². The molecule has 0 aromatic carbocycles. The van der Waals surface area contributed by atoms with Crippen LogP contribution in [0.4, 0.5) is 0 Å². The van der Waals surface area contributed by atoms with Crippen LogP contribution >= 0.6 is 0 Å². The molecule has 3 heteroatoms. The normalized spacial score (nSPS) is 17.3. The van der Waals surface area contributed by atoms with E-state index in [1.54, 1.807) is 0 Å². The molecule has 102 valence electrons.